The number of amides is 1. The van der Waals surface area contributed by atoms with Gasteiger partial charge in [0.05, 0.1) is 0 Å². The lowest BCUT2D eigenvalue weighted by molar-refractivity contribution is -0.126. The summed E-state index contributed by atoms with van der Waals surface area (Å²) in [6.45, 7) is 0.643. The van der Waals surface area contributed by atoms with Crippen LogP contribution in [0.1, 0.15) is 31.2 Å². The molecule has 2 unspecified atom stereocenters. The van der Waals surface area contributed by atoms with Gasteiger partial charge in [0.1, 0.15) is 0 Å². The highest BCUT2D eigenvalue weighted by molar-refractivity contribution is 6.31. The lowest BCUT2D eigenvalue weighted by atomic mass is 9.85. The number of aromatic nitrogens is 1. The van der Waals surface area contributed by atoms with Crippen molar-refractivity contribution in [2.24, 2.45) is 11.7 Å². The van der Waals surface area contributed by atoms with Crippen molar-refractivity contribution in [2.75, 3.05) is 6.54 Å². The lowest BCUT2D eigenvalue weighted by Gasteiger charge is -2.25. The van der Waals surface area contributed by atoms with Gasteiger partial charge in [-0.2, -0.15) is 0 Å². The topological polar surface area (TPSA) is 70.9 Å². The Morgan fingerprint density at radius 1 is 1.39 bits per heavy atom. The molecule has 0 aliphatic heterocycles. The Morgan fingerprint density at radius 3 is 3.00 bits per heavy atom. The molecule has 3 rings (SSSR count). The van der Waals surface area contributed by atoms with E-state index < -0.39 is 0 Å². The van der Waals surface area contributed by atoms with Crippen LogP contribution in [-0.4, -0.2) is 23.5 Å². The highest BCUT2D eigenvalue weighted by Crippen LogP contribution is 2.24. The fourth-order valence-electron chi connectivity index (χ4n) is 3.29. The van der Waals surface area contributed by atoms with E-state index in [1.807, 2.05) is 24.4 Å². The summed E-state index contributed by atoms with van der Waals surface area (Å²) >= 11 is 6.05. The van der Waals surface area contributed by atoms with Gasteiger partial charge in [0.15, 0.2) is 0 Å². The average Bonchev–Trinajstić information content (AvgIpc) is 2.89. The number of benzene rings is 1. The number of nitrogens with two attached hydrogens (primary N) is 1. The molecule has 2 atom stereocenters. The number of rotatable bonds is 4. The van der Waals surface area contributed by atoms with Crippen molar-refractivity contribution in [2.45, 2.75) is 38.1 Å². The molecule has 0 spiro atoms. The van der Waals surface area contributed by atoms with Gasteiger partial charge in [0, 0.05) is 40.6 Å². The minimum Gasteiger partial charge on any atom is -0.361 e. The zero-order valence-electron chi connectivity index (χ0n) is 13.0. The third-order valence-corrected chi connectivity index (χ3v) is 4.74. The van der Waals surface area contributed by atoms with Crippen LogP contribution in [0.15, 0.2) is 24.4 Å². The Balaban J connectivity index is 0.00000192. The monoisotopic (exact) mass is 355 g/mol. The van der Waals surface area contributed by atoms with Gasteiger partial charge in [-0.1, -0.05) is 18.0 Å². The second kappa shape index (κ2) is 8.04. The molecule has 1 aliphatic rings. The van der Waals surface area contributed by atoms with Crippen molar-refractivity contribution in [3.05, 3.63) is 35.0 Å². The zero-order valence-corrected chi connectivity index (χ0v) is 14.6. The van der Waals surface area contributed by atoms with Gasteiger partial charge < -0.3 is 16.0 Å². The van der Waals surface area contributed by atoms with Gasteiger partial charge in [-0.3, -0.25) is 4.79 Å². The summed E-state index contributed by atoms with van der Waals surface area (Å²) < 4.78 is 0. The van der Waals surface area contributed by atoms with Crippen LogP contribution in [0.5, 0.6) is 0 Å². The number of hydrogen-bond acceptors (Lipinski definition) is 2. The second-order valence-corrected chi connectivity index (χ2v) is 6.60. The minimum absolute atomic E-state index is 0. The number of fused-ring (bicyclic) bond motifs is 1. The number of carbonyl (C=O) groups is 1. The summed E-state index contributed by atoms with van der Waals surface area (Å²) in [4.78, 5) is 15.4. The maximum Gasteiger partial charge on any atom is 0.223 e. The van der Waals surface area contributed by atoms with Gasteiger partial charge in [-0.15, -0.1) is 12.4 Å². The summed E-state index contributed by atoms with van der Waals surface area (Å²) in [6.07, 6.45) is 6.66. The Labute approximate surface area is 147 Å². The molecule has 6 heteroatoms. The normalized spacial score (nSPS) is 21.0. The van der Waals surface area contributed by atoms with E-state index in [1.165, 1.54) is 5.56 Å². The minimum atomic E-state index is 0. The van der Waals surface area contributed by atoms with Crippen LogP contribution < -0.4 is 11.1 Å². The zero-order chi connectivity index (χ0) is 15.5. The van der Waals surface area contributed by atoms with Crippen molar-refractivity contribution in [3.8, 4) is 0 Å². The highest BCUT2D eigenvalue weighted by atomic mass is 35.5. The van der Waals surface area contributed by atoms with Gasteiger partial charge in [0.25, 0.3) is 0 Å². The Kier molecular flexibility index (Phi) is 6.33. The molecule has 2 aromatic rings. The van der Waals surface area contributed by atoms with E-state index in [1.54, 1.807) is 0 Å². The van der Waals surface area contributed by atoms with Crippen LogP contribution >= 0.6 is 24.0 Å². The smallest absolute Gasteiger partial charge is 0.223 e. The first kappa shape index (κ1) is 18.1. The maximum atomic E-state index is 12.2. The first-order chi connectivity index (χ1) is 10.6. The second-order valence-electron chi connectivity index (χ2n) is 6.17. The molecule has 23 heavy (non-hydrogen) atoms. The van der Waals surface area contributed by atoms with Crippen LogP contribution in [0.25, 0.3) is 10.9 Å². The molecule has 0 radical (unpaired) electrons. The predicted octanol–water partition coefficient (Wildman–Crippen LogP) is 3.42. The molecule has 1 fully saturated rings. The number of H-pyrrole nitrogens is 1. The molecule has 1 aromatic carbocycles. The van der Waals surface area contributed by atoms with Gasteiger partial charge in [-0.25, -0.2) is 0 Å². The maximum absolute atomic E-state index is 12.2. The summed E-state index contributed by atoms with van der Waals surface area (Å²) in [6, 6.07) is 5.99. The third-order valence-electron chi connectivity index (χ3n) is 4.51. The van der Waals surface area contributed by atoms with Crippen molar-refractivity contribution in [3.63, 3.8) is 0 Å². The van der Waals surface area contributed by atoms with Crippen molar-refractivity contribution < 1.29 is 4.79 Å². The van der Waals surface area contributed by atoms with Gasteiger partial charge in [-0.05, 0) is 49.4 Å². The number of halogens is 2. The average molecular weight is 356 g/mol. The molecule has 4 N–H and O–H groups in total. The molecular weight excluding hydrogens is 333 g/mol. The van der Waals surface area contributed by atoms with Gasteiger partial charge in [0.2, 0.25) is 5.91 Å². The Hall–Kier alpha value is -1.23. The molecule has 0 saturated heterocycles. The number of aromatic amines is 1. The van der Waals surface area contributed by atoms with Crippen molar-refractivity contribution >= 4 is 40.8 Å². The van der Waals surface area contributed by atoms with Crippen LogP contribution in [0.3, 0.4) is 0 Å². The molecule has 1 heterocycles. The molecule has 1 amide bonds. The largest absolute Gasteiger partial charge is 0.361 e. The van der Waals surface area contributed by atoms with E-state index in [4.69, 9.17) is 17.3 Å². The predicted molar refractivity (Wildman–Crippen MR) is 97.2 cm³/mol. The summed E-state index contributed by atoms with van der Waals surface area (Å²) in [5, 5.41) is 4.91. The molecular formula is C17H23Cl2N3O. The van der Waals surface area contributed by atoms with Crippen LogP contribution in [-0.2, 0) is 11.2 Å². The molecule has 126 valence electrons. The first-order valence-electron chi connectivity index (χ1n) is 7.92. The van der Waals surface area contributed by atoms with E-state index in [0.717, 1.165) is 48.0 Å². The van der Waals surface area contributed by atoms with E-state index >= 15 is 0 Å². The highest BCUT2D eigenvalue weighted by Gasteiger charge is 2.24. The summed E-state index contributed by atoms with van der Waals surface area (Å²) in [5.74, 6) is 0.231. The molecule has 4 nitrogen and oxygen atoms in total. The number of carbonyl (C=O) groups excluding carboxylic acids is 1. The van der Waals surface area contributed by atoms with Crippen molar-refractivity contribution in [1.29, 1.82) is 0 Å². The van der Waals surface area contributed by atoms with Crippen LogP contribution in [0.4, 0.5) is 0 Å². The first-order valence-corrected chi connectivity index (χ1v) is 8.30. The quantitative estimate of drug-likeness (QED) is 0.786. The Morgan fingerprint density at radius 2 is 2.22 bits per heavy atom. The van der Waals surface area contributed by atoms with E-state index in [9.17, 15) is 4.79 Å². The molecule has 1 aromatic heterocycles. The standard InChI is InChI=1S/C17H22ClN3O.ClH/c18-13-4-5-16-15(9-13)12(10-21-16)6-7-20-17(22)11-2-1-3-14(19)8-11;/h4-5,9-11,14,21H,1-3,6-8,19H2,(H,20,22);1H. The third kappa shape index (κ3) is 4.40. The lowest BCUT2D eigenvalue weighted by Crippen LogP contribution is -2.38. The van der Waals surface area contributed by atoms with E-state index in [2.05, 4.69) is 10.3 Å². The van der Waals surface area contributed by atoms with E-state index in [0.29, 0.717) is 6.54 Å². The van der Waals surface area contributed by atoms with Crippen LogP contribution in [0.2, 0.25) is 5.02 Å². The number of hydrogen-bond donors (Lipinski definition) is 3. The van der Waals surface area contributed by atoms with E-state index in [-0.39, 0.29) is 30.3 Å². The Bertz CT molecular complexity index is 671. The van der Waals surface area contributed by atoms with Crippen molar-refractivity contribution in [1.82, 2.24) is 10.3 Å². The SMILES string of the molecule is Cl.NC1CCCC(C(=O)NCCc2c[nH]c3ccc(Cl)cc23)C1. The molecule has 1 saturated carbocycles. The summed E-state index contributed by atoms with van der Waals surface area (Å²) in [7, 11) is 0. The van der Waals surface area contributed by atoms with Crippen LogP contribution in [0, 0.1) is 5.92 Å². The molecule has 0 bridgehead atoms. The molecule has 1 aliphatic carbocycles. The number of nitrogens with one attached hydrogen (secondary N) is 2. The fraction of sp³-hybridized carbons (Fsp3) is 0.471. The van der Waals surface area contributed by atoms with Gasteiger partial charge >= 0.3 is 0 Å². The fourth-order valence-corrected chi connectivity index (χ4v) is 3.46. The summed E-state index contributed by atoms with van der Waals surface area (Å²) in [5.41, 5.74) is 8.20.